The second kappa shape index (κ2) is 4.50. The van der Waals surface area contributed by atoms with E-state index in [1.165, 1.54) is 0 Å². The van der Waals surface area contributed by atoms with Crippen molar-refractivity contribution in [1.82, 2.24) is 0 Å². The predicted octanol–water partition coefficient (Wildman–Crippen LogP) is 1.68. The number of halogens is 1. The Morgan fingerprint density at radius 2 is 2.08 bits per heavy atom. The van der Waals surface area contributed by atoms with Crippen molar-refractivity contribution in [3.05, 3.63) is 29.8 Å². The second-order valence-electron chi connectivity index (χ2n) is 2.28. The first kappa shape index (κ1) is 9.57. The van der Waals surface area contributed by atoms with E-state index in [9.17, 15) is 0 Å². The molecule has 0 heterocycles. The molecular formula is C7H8BBrO3. The second-order valence-corrected chi connectivity index (χ2v) is 2.65. The largest absolute Gasteiger partial charge is 0.721 e. The van der Waals surface area contributed by atoms with Gasteiger partial charge < -0.3 is 9.68 Å². The van der Waals surface area contributed by atoms with E-state index in [2.05, 4.69) is 20.0 Å². The molecule has 0 aliphatic carbocycles. The van der Waals surface area contributed by atoms with Crippen LogP contribution < -0.4 is 4.65 Å². The summed E-state index contributed by atoms with van der Waals surface area (Å²) in [7, 11) is -1.27. The van der Waals surface area contributed by atoms with Crippen LogP contribution in [-0.2, 0) is 3.75 Å². The average molecular weight is 231 g/mol. The van der Waals surface area contributed by atoms with Crippen LogP contribution in [0.2, 0.25) is 0 Å². The molecule has 0 bridgehead atoms. The van der Waals surface area contributed by atoms with Gasteiger partial charge in [0.2, 0.25) is 0 Å². The molecule has 0 fully saturated rings. The van der Waals surface area contributed by atoms with Crippen LogP contribution in [0.25, 0.3) is 0 Å². The summed E-state index contributed by atoms with van der Waals surface area (Å²) in [5.41, 5.74) is 0.945. The number of hydrogen-bond acceptors (Lipinski definition) is 3. The highest BCUT2D eigenvalue weighted by Gasteiger charge is 2.17. The molecule has 1 N–H and O–H groups in total. The summed E-state index contributed by atoms with van der Waals surface area (Å²) in [5.74, 6) is 0.601. The van der Waals surface area contributed by atoms with Gasteiger partial charge in [-0.1, -0.05) is 18.2 Å². The molecule has 1 aromatic rings. The minimum absolute atomic E-state index is 0.601. The van der Waals surface area contributed by atoms with Gasteiger partial charge in [-0.25, -0.2) is 0 Å². The summed E-state index contributed by atoms with van der Waals surface area (Å²) in [5, 5.41) is 8.94. The molecule has 64 valence electrons. The van der Waals surface area contributed by atoms with Gasteiger partial charge in [0.15, 0.2) is 0 Å². The fourth-order valence-electron chi connectivity index (χ4n) is 0.815. The molecule has 0 saturated heterocycles. The lowest BCUT2D eigenvalue weighted by Crippen LogP contribution is -2.22. The fourth-order valence-corrected chi connectivity index (χ4v) is 0.892. The van der Waals surface area contributed by atoms with Gasteiger partial charge in [-0.2, -0.15) is 0 Å². The minimum atomic E-state index is -1.27. The van der Waals surface area contributed by atoms with Crippen LogP contribution in [0, 0.1) is 6.92 Å². The molecule has 1 aromatic carbocycles. The van der Waals surface area contributed by atoms with Gasteiger partial charge in [-0.05, 0) is 18.6 Å². The molecular weight excluding hydrogens is 223 g/mol. The van der Waals surface area contributed by atoms with Crippen molar-refractivity contribution in [2.75, 3.05) is 0 Å². The van der Waals surface area contributed by atoms with Crippen LogP contribution in [0.1, 0.15) is 5.56 Å². The van der Waals surface area contributed by atoms with Crippen molar-refractivity contribution in [3.8, 4) is 5.75 Å². The first-order valence-corrected chi connectivity index (χ1v) is 4.06. The van der Waals surface area contributed by atoms with Crippen molar-refractivity contribution in [2.45, 2.75) is 6.92 Å². The Morgan fingerprint density at radius 3 is 2.67 bits per heavy atom. The van der Waals surface area contributed by atoms with Crippen LogP contribution in [0.5, 0.6) is 5.75 Å². The van der Waals surface area contributed by atoms with Gasteiger partial charge in [0.25, 0.3) is 0 Å². The Kier molecular flexibility index (Phi) is 3.59. The smallest absolute Gasteiger partial charge is 0.511 e. The summed E-state index contributed by atoms with van der Waals surface area (Å²) < 4.78 is 9.34. The standard InChI is InChI=1S/C7H8BBrO3/c1-6-4-2-3-5-7(6)11-8(10)12-9/h2-5,10H,1H3. The highest BCUT2D eigenvalue weighted by Crippen LogP contribution is 2.16. The maximum absolute atomic E-state index is 8.94. The van der Waals surface area contributed by atoms with Gasteiger partial charge in [0, 0.05) is 0 Å². The van der Waals surface area contributed by atoms with Crippen molar-refractivity contribution in [3.63, 3.8) is 0 Å². The Morgan fingerprint density at radius 1 is 1.42 bits per heavy atom. The summed E-state index contributed by atoms with van der Waals surface area (Å²) in [6.45, 7) is 1.89. The highest BCUT2D eigenvalue weighted by atomic mass is 79.9. The van der Waals surface area contributed by atoms with E-state index in [1.807, 2.05) is 25.1 Å². The molecule has 0 atom stereocenters. The number of para-hydroxylation sites is 1. The maximum atomic E-state index is 8.94. The summed E-state index contributed by atoms with van der Waals surface area (Å²) >= 11 is 2.62. The van der Waals surface area contributed by atoms with E-state index >= 15 is 0 Å². The molecule has 5 heteroatoms. The first-order valence-electron chi connectivity index (χ1n) is 3.42. The van der Waals surface area contributed by atoms with Gasteiger partial charge in [-0.15, -0.1) is 0 Å². The van der Waals surface area contributed by atoms with Crippen molar-refractivity contribution >= 4 is 23.6 Å². The van der Waals surface area contributed by atoms with Crippen molar-refractivity contribution < 1.29 is 13.4 Å². The molecule has 0 amide bonds. The van der Waals surface area contributed by atoms with Crippen LogP contribution in [0.3, 0.4) is 0 Å². The van der Waals surface area contributed by atoms with E-state index in [4.69, 9.17) is 9.68 Å². The number of aryl methyl sites for hydroxylation is 1. The summed E-state index contributed by atoms with van der Waals surface area (Å²) in [6, 6.07) is 7.35. The van der Waals surface area contributed by atoms with Crippen molar-refractivity contribution in [1.29, 1.82) is 0 Å². The Labute approximate surface area is 79.9 Å². The third-order valence-electron chi connectivity index (χ3n) is 1.40. The van der Waals surface area contributed by atoms with E-state index in [0.717, 1.165) is 5.56 Å². The third-order valence-corrected chi connectivity index (χ3v) is 1.72. The van der Waals surface area contributed by atoms with Gasteiger partial charge in [0.05, 0.1) is 16.3 Å². The fraction of sp³-hybridized carbons (Fsp3) is 0.143. The molecule has 0 unspecified atom stereocenters. The summed E-state index contributed by atoms with van der Waals surface area (Å²) in [6.07, 6.45) is 0. The topological polar surface area (TPSA) is 38.7 Å². The molecule has 0 aliphatic rings. The number of benzene rings is 1. The lowest BCUT2D eigenvalue weighted by Gasteiger charge is -2.08. The molecule has 3 nitrogen and oxygen atoms in total. The highest BCUT2D eigenvalue weighted by molar-refractivity contribution is 9.06. The predicted molar refractivity (Wildman–Crippen MR) is 49.8 cm³/mol. The third kappa shape index (κ3) is 2.51. The molecule has 0 aromatic heterocycles. The monoisotopic (exact) mass is 230 g/mol. The molecule has 0 spiro atoms. The van der Waals surface area contributed by atoms with E-state index in [0.29, 0.717) is 5.75 Å². The molecule has 0 radical (unpaired) electrons. The molecule has 12 heavy (non-hydrogen) atoms. The van der Waals surface area contributed by atoms with Crippen LogP contribution in [0.15, 0.2) is 24.3 Å². The van der Waals surface area contributed by atoms with Crippen LogP contribution >= 0.6 is 16.3 Å². The average Bonchev–Trinajstić information content (AvgIpc) is 2.09. The SMILES string of the molecule is Cc1ccccc1OB(O)OBr. The first-order chi connectivity index (χ1) is 5.74. The zero-order chi connectivity index (χ0) is 8.97. The van der Waals surface area contributed by atoms with E-state index < -0.39 is 7.32 Å². The van der Waals surface area contributed by atoms with Gasteiger partial charge in [0.1, 0.15) is 5.75 Å². The van der Waals surface area contributed by atoms with Crippen LogP contribution in [0.4, 0.5) is 0 Å². The van der Waals surface area contributed by atoms with Gasteiger partial charge in [-0.3, -0.25) is 3.75 Å². The normalized spacial score (nSPS) is 9.58. The number of rotatable bonds is 3. The molecule has 0 aliphatic heterocycles. The maximum Gasteiger partial charge on any atom is 0.721 e. The lowest BCUT2D eigenvalue weighted by molar-refractivity contribution is 0.324. The zero-order valence-corrected chi connectivity index (χ0v) is 8.11. The van der Waals surface area contributed by atoms with Crippen molar-refractivity contribution in [2.24, 2.45) is 0 Å². The Balaban J connectivity index is 2.69. The number of hydrogen-bond donors (Lipinski definition) is 1. The van der Waals surface area contributed by atoms with E-state index in [1.54, 1.807) is 6.07 Å². The van der Waals surface area contributed by atoms with Crippen LogP contribution in [-0.4, -0.2) is 12.3 Å². The minimum Gasteiger partial charge on any atom is -0.511 e. The quantitative estimate of drug-likeness (QED) is 0.804. The zero-order valence-electron chi connectivity index (χ0n) is 6.53. The van der Waals surface area contributed by atoms with E-state index in [-0.39, 0.29) is 0 Å². The Hall–Kier alpha value is -0.515. The van der Waals surface area contributed by atoms with Gasteiger partial charge >= 0.3 is 7.32 Å². The molecule has 0 saturated carbocycles. The molecule has 1 rings (SSSR count). The Bertz CT molecular complexity index is 256. The lowest BCUT2D eigenvalue weighted by atomic mass is 10.2. The summed E-state index contributed by atoms with van der Waals surface area (Å²) in [4.78, 5) is 0.